The van der Waals surface area contributed by atoms with E-state index in [-0.39, 0.29) is 23.5 Å². The third kappa shape index (κ3) is 17.6. The van der Waals surface area contributed by atoms with E-state index in [9.17, 15) is 79.2 Å². The first kappa shape index (κ1) is 68.9. The van der Waals surface area contributed by atoms with Gasteiger partial charge in [-0.15, -0.1) is 11.3 Å². The molecule has 3 aromatic carbocycles. The van der Waals surface area contributed by atoms with Crippen LogP contribution in [-0.4, -0.2) is 207 Å². The van der Waals surface area contributed by atoms with Crippen molar-refractivity contribution in [1.82, 2.24) is 41.4 Å². The monoisotopic (exact) mass is 1280 g/mol. The summed E-state index contributed by atoms with van der Waals surface area (Å²) < 4.78 is 15.1. The van der Waals surface area contributed by atoms with E-state index < -0.39 is 183 Å². The standard InChI is InChI=1S/C57H73N9O21S2/c1-4-5-6-7-18-84-35-15-12-31(13-16-35)55-60-24-41(88-55)29-8-10-30(11-9-29)50(76)61-36-20-33(68)23-59-54(80)46-47(73)27(2)25-66(46)57(82)44(39(71)22-42(58)72)63-53(79)45(49(75)48(74)32-14-17-38(70)40(19-32)85-89-87-86-83)64-52(78)37-21-34(69)26-65(37)56(81)43(28(3)67)62-51(36)77/h8-17,19,24,27-28,33-34,36-37,39,43-49,67-71,73-75,83H,4-7,18,20-23,25-26H2,1-3H3,(H2,58,72)(H,59,80)(H,61,76)(H,62,77)(H,63,79)(H,64,78)/t27?,28?,33?,34?,36-,37?,39?,43?,44?,45?,46?,47?,48?,49?/m0/s1. The molecule has 13 unspecified atom stereocenters. The number of aromatic hydroxyl groups is 1. The lowest BCUT2D eigenvalue weighted by Gasteiger charge is -2.34. The number of phenols is 1. The quantitative estimate of drug-likeness (QED) is 0.0202. The van der Waals surface area contributed by atoms with Crippen LogP contribution in [0.2, 0.25) is 0 Å². The normalized spacial score (nSPS) is 25.4. The molecule has 3 aliphatic rings. The predicted octanol–water partition coefficient (Wildman–Crippen LogP) is -1.18. The van der Waals surface area contributed by atoms with E-state index in [1.807, 2.05) is 24.3 Å². The van der Waals surface area contributed by atoms with Crippen LogP contribution in [0.3, 0.4) is 0 Å². The lowest BCUT2D eigenvalue weighted by molar-refractivity contribution is -0.433. The molecule has 4 heterocycles. The Balaban J connectivity index is 1.19. The van der Waals surface area contributed by atoms with E-state index >= 15 is 0 Å². The molecule has 3 aliphatic heterocycles. The molecule has 89 heavy (non-hydrogen) atoms. The topological polar surface area (TPSA) is 461 Å². The number of thiazole rings is 1. The molecule has 4 aromatic rings. The third-order valence-electron chi connectivity index (χ3n) is 15.2. The maximum atomic E-state index is 14.7. The number of aromatic nitrogens is 1. The maximum Gasteiger partial charge on any atom is 0.261 e. The summed E-state index contributed by atoms with van der Waals surface area (Å²) in [5, 5.41) is 115. The number of aliphatic hydroxyl groups is 7. The number of carbonyl (C=O) groups excluding carboxylic acids is 8. The first-order chi connectivity index (χ1) is 42.4. The Morgan fingerprint density at radius 2 is 1.48 bits per heavy atom. The Hall–Kier alpha value is -7.60. The maximum absolute atomic E-state index is 14.7. The molecule has 32 heteroatoms. The van der Waals surface area contributed by atoms with Gasteiger partial charge in [-0.05, 0) is 73.0 Å². The number of unbranched alkanes of at least 4 members (excludes halogenated alkanes) is 3. The summed E-state index contributed by atoms with van der Waals surface area (Å²) in [5.74, 6) is -11.1. The highest BCUT2D eigenvalue weighted by Gasteiger charge is 2.50. The number of hydrogen-bond acceptors (Lipinski definition) is 24. The first-order valence-corrected chi connectivity index (χ1v) is 30.0. The number of primary amides is 1. The number of nitrogens with zero attached hydrogens (tertiary/aromatic N) is 3. The minimum absolute atomic E-state index is 0.0165. The smallest absolute Gasteiger partial charge is 0.261 e. The van der Waals surface area contributed by atoms with E-state index in [1.54, 1.807) is 18.3 Å². The van der Waals surface area contributed by atoms with Gasteiger partial charge in [-0.25, -0.2) is 10.2 Å². The van der Waals surface area contributed by atoms with E-state index in [2.05, 4.69) is 47.9 Å². The van der Waals surface area contributed by atoms with Crippen LogP contribution < -0.4 is 41.2 Å². The zero-order valence-corrected chi connectivity index (χ0v) is 50.1. The molecule has 0 saturated carbocycles. The van der Waals surface area contributed by atoms with E-state index in [0.29, 0.717) is 12.2 Å². The Morgan fingerprint density at radius 3 is 2.16 bits per heavy atom. The molecular weight excluding hydrogens is 1210 g/mol. The predicted molar refractivity (Wildman–Crippen MR) is 314 cm³/mol. The van der Waals surface area contributed by atoms with Crippen molar-refractivity contribution < 1.29 is 103 Å². The Kier molecular flexibility index (Phi) is 24.6. The minimum Gasteiger partial charge on any atom is -0.504 e. The molecule has 30 nitrogen and oxygen atoms in total. The first-order valence-electron chi connectivity index (χ1n) is 28.5. The van der Waals surface area contributed by atoms with E-state index in [1.165, 1.54) is 30.4 Å². The van der Waals surface area contributed by atoms with Gasteiger partial charge in [0.2, 0.25) is 41.4 Å². The second-order valence-corrected chi connectivity index (χ2v) is 23.4. The number of hydrogen-bond donors (Lipinski definition) is 15. The molecule has 14 atom stereocenters. The second-order valence-electron chi connectivity index (χ2n) is 21.9. The zero-order valence-electron chi connectivity index (χ0n) is 48.4. The molecule has 0 spiro atoms. The SMILES string of the molecule is CCCCCCOc1ccc(-c2ncc(-c3ccc(C(=O)N[C@H]4CC(O)CNC(=O)C5C(O)C(C)CN5C(=O)C(C(O)CC(N)=O)NC(=O)C(C(O)C(O)c5ccc(O)c(OSOOO)c5)NC(=O)C5CC(O)CN5C(=O)C(C(C)O)NC4=O)cc3)s2)cc1. The van der Waals surface area contributed by atoms with E-state index in [0.717, 1.165) is 81.8 Å². The largest absolute Gasteiger partial charge is 0.504 e. The van der Waals surface area contributed by atoms with Crippen LogP contribution in [0.4, 0.5) is 0 Å². The second kappa shape index (κ2) is 31.7. The van der Waals surface area contributed by atoms with Gasteiger partial charge in [-0.2, -0.15) is 0 Å². The average Bonchev–Trinajstić information content (AvgIpc) is 2.88. The van der Waals surface area contributed by atoms with Crippen molar-refractivity contribution in [3.05, 3.63) is 84.1 Å². The fraction of sp³-hybridized carbons (Fsp3) is 0.491. The number of nitrogens with two attached hydrogens (primary N) is 1. The summed E-state index contributed by atoms with van der Waals surface area (Å²) in [5.41, 5.74) is 6.59. The summed E-state index contributed by atoms with van der Waals surface area (Å²) >= 11 is 1.37. The Bertz CT molecular complexity index is 3130. The third-order valence-corrected chi connectivity index (χ3v) is 16.7. The number of aliphatic hydroxyl groups excluding tert-OH is 7. The fourth-order valence-corrected chi connectivity index (χ4v) is 11.6. The van der Waals surface area contributed by atoms with Crippen molar-refractivity contribution in [3.8, 4) is 38.3 Å². The van der Waals surface area contributed by atoms with Crippen LogP contribution in [-0.2, 0) is 42.9 Å². The number of amides is 8. The number of nitrogens with one attached hydrogen (secondary N) is 5. The summed E-state index contributed by atoms with van der Waals surface area (Å²) in [6, 6.07) is 4.45. The van der Waals surface area contributed by atoms with Crippen molar-refractivity contribution in [2.24, 2.45) is 11.7 Å². The number of carbonyl (C=O) groups is 8. The number of fused-ring (bicyclic) bond motifs is 2. The van der Waals surface area contributed by atoms with Crippen molar-refractivity contribution in [2.45, 2.75) is 145 Å². The number of benzene rings is 3. The van der Waals surface area contributed by atoms with Gasteiger partial charge in [-0.1, -0.05) is 60.7 Å². The van der Waals surface area contributed by atoms with Crippen LogP contribution in [0.15, 0.2) is 72.9 Å². The van der Waals surface area contributed by atoms with E-state index in [4.69, 9.17) is 19.9 Å². The molecule has 1 aromatic heterocycles. The molecule has 3 fully saturated rings. The minimum atomic E-state index is -2.53. The zero-order chi connectivity index (χ0) is 64.8. The molecular formula is C57H73N9O21S2. The van der Waals surface area contributed by atoms with Crippen LogP contribution in [0.5, 0.6) is 17.2 Å². The van der Waals surface area contributed by atoms with Crippen LogP contribution in [0.25, 0.3) is 21.0 Å². The van der Waals surface area contributed by atoms with Crippen molar-refractivity contribution in [2.75, 3.05) is 26.2 Å². The summed E-state index contributed by atoms with van der Waals surface area (Å²) in [4.78, 5) is 120. The number of rotatable bonds is 21. The molecule has 0 aliphatic carbocycles. The fourth-order valence-electron chi connectivity index (χ4n) is 10.4. The van der Waals surface area contributed by atoms with Crippen LogP contribution in [0, 0.1) is 5.92 Å². The number of phenolic OH excluding ortho intramolecular Hbond substituents is 1. The van der Waals surface area contributed by atoms with Crippen LogP contribution >= 0.6 is 23.7 Å². The molecule has 3 saturated heterocycles. The van der Waals surface area contributed by atoms with Gasteiger partial charge in [-0.3, -0.25) is 38.4 Å². The molecule has 0 bridgehead atoms. The van der Waals surface area contributed by atoms with Crippen molar-refractivity contribution in [3.63, 3.8) is 0 Å². The molecule has 16 N–H and O–H groups in total. The molecule has 8 amide bonds. The van der Waals surface area contributed by atoms with Gasteiger partial charge in [0.25, 0.3) is 18.2 Å². The lowest BCUT2D eigenvalue weighted by atomic mass is 9.96. The van der Waals surface area contributed by atoms with Gasteiger partial charge in [0.1, 0.15) is 59.2 Å². The van der Waals surface area contributed by atoms with Gasteiger partial charge in [0.15, 0.2) is 11.5 Å². The number of β-amino-alcohol motifs (C(OH)–C–C–N with tert-alkyl or cyclic N) is 1. The van der Waals surface area contributed by atoms with Gasteiger partial charge < -0.3 is 91.9 Å². The van der Waals surface area contributed by atoms with Crippen molar-refractivity contribution in [1.29, 1.82) is 0 Å². The van der Waals surface area contributed by atoms with Crippen molar-refractivity contribution >= 4 is 70.9 Å². The summed E-state index contributed by atoms with van der Waals surface area (Å²) in [6.45, 7) is 3.47. The van der Waals surface area contributed by atoms with Gasteiger partial charge in [0.05, 0.1) is 48.4 Å². The highest BCUT2D eigenvalue weighted by atomic mass is 32.2. The van der Waals surface area contributed by atoms with Gasteiger partial charge in [0, 0.05) is 55.7 Å². The average molecular weight is 1280 g/mol. The summed E-state index contributed by atoms with van der Waals surface area (Å²) in [7, 11) is 0. The number of ether oxygens (including phenoxy) is 1. The lowest BCUT2D eigenvalue weighted by Crippen LogP contribution is -2.64. The van der Waals surface area contributed by atoms with Gasteiger partial charge >= 0.3 is 0 Å². The highest BCUT2D eigenvalue weighted by Crippen LogP contribution is 2.36. The molecule has 484 valence electrons. The van der Waals surface area contributed by atoms with Crippen LogP contribution in [0.1, 0.15) is 87.7 Å². The Morgan fingerprint density at radius 1 is 0.809 bits per heavy atom. The summed E-state index contributed by atoms with van der Waals surface area (Å²) in [6.07, 6.45) is -10.1. The Labute approximate surface area is 517 Å². The molecule has 7 rings (SSSR count). The highest BCUT2D eigenvalue weighted by molar-refractivity contribution is 7.90. The molecule has 0 radical (unpaired) electrons.